The zero-order valence-corrected chi connectivity index (χ0v) is 17.9. The van der Waals surface area contributed by atoms with Gasteiger partial charge in [0.05, 0.1) is 30.5 Å². The van der Waals surface area contributed by atoms with Crippen molar-refractivity contribution in [3.05, 3.63) is 53.9 Å². The lowest BCUT2D eigenvalue weighted by Crippen LogP contribution is -2.50. The Bertz CT molecular complexity index is 936. The predicted molar refractivity (Wildman–Crippen MR) is 117 cm³/mol. The standard InChI is InChI=1S/C23H29N5O3/c1-15-8-9-21(31-2)19(12-15)25-22(29)16-6-5-11-28(14-16)23(30)20-13-18(26-27-20)17-7-3-4-10-24-17/h3-4,7-10,12,16,18,20,26-27H,5-6,11,13-14H2,1-2H3,(H,25,29). The molecule has 0 aliphatic carbocycles. The van der Waals surface area contributed by atoms with Crippen LogP contribution >= 0.6 is 0 Å². The Morgan fingerprint density at radius 2 is 2.10 bits per heavy atom. The maximum Gasteiger partial charge on any atom is 0.241 e. The number of piperidine rings is 1. The lowest BCUT2D eigenvalue weighted by molar-refractivity contribution is -0.136. The quantitative estimate of drug-likeness (QED) is 0.682. The number of ether oxygens (including phenoxy) is 1. The van der Waals surface area contributed by atoms with E-state index in [1.54, 1.807) is 18.2 Å². The molecule has 0 radical (unpaired) electrons. The average Bonchev–Trinajstić information content (AvgIpc) is 3.30. The van der Waals surface area contributed by atoms with E-state index in [-0.39, 0.29) is 29.8 Å². The molecule has 3 N–H and O–H groups in total. The Morgan fingerprint density at radius 3 is 2.87 bits per heavy atom. The minimum absolute atomic E-state index is 0.00665. The lowest BCUT2D eigenvalue weighted by Gasteiger charge is -2.33. The first-order valence-corrected chi connectivity index (χ1v) is 10.7. The maximum absolute atomic E-state index is 13.1. The molecule has 4 rings (SSSR count). The van der Waals surface area contributed by atoms with Gasteiger partial charge in [0, 0.05) is 19.3 Å². The fourth-order valence-electron chi connectivity index (χ4n) is 4.26. The molecule has 3 atom stereocenters. The summed E-state index contributed by atoms with van der Waals surface area (Å²) in [6.45, 7) is 3.06. The summed E-state index contributed by atoms with van der Waals surface area (Å²) in [6.07, 6.45) is 3.95. The third-order valence-corrected chi connectivity index (χ3v) is 5.96. The van der Waals surface area contributed by atoms with Crippen LogP contribution in [0.1, 0.15) is 36.6 Å². The summed E-state index contributed by atoms with van der Waals surface area (Å²) in [7, 11) is 1.59. The van der Waals surface area contributed by atoms with Crippen LogP contribution in [0.15, 0.2) is 42.6 Å². The molecular weight excluding hydrogens is 394 g/mol. The second kappa shape index (κ2) is 9.45. The lowest BCUT2D eigenvalue weighted by atomic mass is 9.95. The molecule has 2 amide bonds. The van der Waals surface area contributed by atoms with Crippen LogP contribution in [-0.2, 0) is 9.59 Å². The number of hydrogen-bond donors (Lipinski definition) is 3. The van der Waals surface area contributed by atoms with Crippen molar-refractivity contribution in [1.82, 2.24) is 20.7 Å². The normalized spacial score (nSPS) is 23.4. The fraction of sp³-hybridized carbons (Fsp3) is 0.435. The van der Waals surface area contributed by atoms with E-state index in [1.165, 1.54) is 0 Å². The molecule has 3 unspecified atom stereocenters. The molecule has 0 bridgehead atoms. The number of aromatic nitrogens is 1. The number of methoxy groups -OCH3 is 1. The molecule has 164 valence electrons. The van der Waals surface area contributed by atoms with Crippen molar-refractivity contribution in [2.24, 2.45) is 5.92 Å². The topological polar surface area (TPSA) is 95.6 Å². The highest BCUT2D eigenvalue weighted by Crippen LogP contribution is 2.28. The molecule has 2 aliphatic heterocycles. The van der Waals surface area contributed by atoms with Crippen molar-refractivity contribution in [1.29, 1.82) is 0 Å². The maximum atomic E-state index is 13.1. The van der Waals surface area contributed by atoms with Gasteiger partial charge in [-0.15, -0.1) is 0 Å². The van der Waals surface area contributed by atoms with Crippen molar-refractivity contribution in [2.75, 3.05) is 25.5 Å². The number of pyridine rings is 1. The smallest absolute Gasteiger partial charge is 0.241 e. The number of hydrogen-bond acceptors (Lipinski definition) is 6. The molecule has 31 heavy (non-hydrogen) atoms. The molecule has 2 aromatic rings. The summed E-state index contributed by atoms with van der Waals surface area (Å²) in [5, 5.41) is 2.99. The molecule has 3 heterocycles. The van der Waals surface area contributed by atoms with Gasteiger partial charge in [-0.05, 0) is 56.0 Å². The van der Waals surface area contributed by atoms with Gasteiger partial charge in [-0.1, -0.05) is 12.1 Å². The first-order chi connectivity index (χ1) is 15.0. The number of likely N-dealkylation sites (tertiary alicyclic amines) is 1. The van der Waals surface area contributed by atoms with Crippen molar-refractivity contribution in [3.63, 3.8) is 0 Å². The number of rotatable bonds is 5. The highest BCUT2D eigenvalue weighted by Gasteiger charge is 2.36. The SMILES string of the molecule is COc1ccc(C)cc1NC(=O)C1CCCN(C(=O)C2CC(c3ccccn3)NN2)C1. The Morgan fingerprint density at radius 1 is 1.23 bits per heavy atom. The van der Waals surface area contributed by atoms with Gasteiger partial charge in [-0.3, -0.25) is 14.6 Å². The first-order valence-electron chi connectivity index (χ1n) is 10.7. The van der Waals surface area contributed by atoms with Gasteiger partial charge in [-0.25, -0.2) is 10.9 Å². The summed E-state index contributed by atoms with van der Waals surface area (Å²) in [5.74, 6) is 0.329. The average molecular weight is 424 g/mol. The molecular formula is C23H29N5O3. The van der Waals surface area contributed by atoms with E-state index in [4.69, 9.17) is 4.74 Å². The molecule has 0 spiro atoms. The van der Waals surface area contributed by atoms with Crippen LogP contribution in [0.3, 0.4) is 0 Å². The van der Waals surface area contributed by atoms with Gasteiger partial charge in [0.1, 0.15) is 11.8 Å². The van der Waals surface area contributed by atoms with E-state index in [9.17, 15) is 9.59 Å². The van der Waals surface area contributed by atoms with Crippen LogP contribution in [-0.4, -0.2) is 47.9 Å². The van der Waals surface area contributed by atoms with E-state index < -0.39 is 0 Å². The summed E-state index contributed by atoms with van der Waals surface area (Å²) in [6, 6.07) is 11.1. The summed E-state index contributed by atoms with van der Waals surface area (Å²) < 4.78 is 5.36. The molecule has 2 aliphatic rings. The highest BCUT2D eigenvalue weighted by atomic mass is 16.5. The van der Waals surface area contributed by atoms with Gasteiger partial charge in [0.15, 0.2) is 0 Å². The van der Waals surface area contributed by atoms with Gasteiger partial charge in [0.2, 0.25) is 11.8 Å². The predicted octanol–water partition coefficient (Wildman–Crippen LogP) is 2.18. The van der Waals surface area contributed by atoms with Gasteiger partial charge >= 0.3 is 0 Å². The van der Waals surface area contributed by atoms with E-state index in [2.05, 4.69) is 21.2 Å². The Balaban J connectivity index is 1.37. The van der Waals surface area contributed by atoms with E-state index >= 15 is 0 Å². The van der Waals surface area contributed by atoms with Crippen molar-refractivity contribution in [2.45, 2.75) is 38.3 Å². The molecule has 0 saturated carbocycles. The number of nitrogens with zero attached hydrogens (tertiary/aromatic N) is 2. The second-order valence-electron chi connectivity index (χ2n) is 8.20. The van der Waals surface area contributed by atoms with Crippen LogP contribution < -0.4 is 20.9 Å². The van der Waals surface area contributed by atoms with Crippen molar-refractivity contribution < 1.29 is 14.3 Å². The van der Waals surface area contributed by atoms with Gasteiger partial charge in [-0.2, -0.15) is 0 Å². The number of amides is 2. The minimum Gasteiger partial charge on any atom is -0.495 e. The number of nitrogens with one attached hydrogen (secondary N) is 3. The number of carbonyl (C=O) groups is 2. The van der Waals surface area contributed by atoms with E-state index in [0.717, 1.165) is 24.1 Å². The van der Waals surface area contributed by atoms with Crippen LogP contribution in [0.5, 0.6) is 5.75 Å². The van der Waals surface area contributed by atoms with Gasteiger partial charge in [0.25, 0.3) is 0 Å². The monoisotopic (exact) mass is 423 g/mol. The van der Waals surface area contributed by atoms with Crippen molar-refractivity contribution >= 4 is 17.5 Å². The minimum atomic E-state index is -0.328. The Hall–Kier alpha value is -2.97. The second-order valence-corrected chi connectivity index (χ2v) is 8.20. The molecule has 2 saturated heterocycles. The fourth-order valence-corrected chi connectivity index (χ4v) is 4.26. The van der Waals surface area contributed by atoms with E-state index in [0.29, 0.717) is 30.9 Å². The largest absolute Gasteiger partial charge is 0.495 e. The first kappa shape index (κ1) is 21.3. The number of anilines is 1. The molecule has 2 fully saturated rings. The highest BCUT2D eigenvalue weighted by molar-refractivity contribution is 5.94. The molecule has 1 aromatic carbocycles. The Kier molecular flexibility index (Phi) is 6.48. The number of aryl methyl sites for hydroxylation is 1. The van der Waals surface area contributed by atoms with Gasteiger partial charge < -0.3 is 15.0 Å². The van der Waals surface area contributed by atoms with Crippen molar-refractivity contribution in [3.8, 4) is 5.75 Å². The summed E-state index contributed by atoms with van der Waals surface area (Å²) in [5.41, 5.74) is 8.90. The zero-order valence-electron chi connectivity index (χ0n) is 17.9. The third-order valence-electron chi connectivity index (χ3n) is 5.96. The van der Waals surface area contributed by atoms with Crippen LogP contribution in [0.4, 0.5) is 5.69 Å². The zero-order chi connectivity index (χ0) is 21.8. The number of hydrazine groups is 1. The molecule has 8 heteroatoms. The Labute approximate surface area is 182 Å². The molecule has 8 nitrogen and oxygen atoms in total. The van der Waals surface area contributed by atoms with Crippen LogP contribution in [0.25, 0.3) is 0 Å². The van der Waals surface area contributed by atoms with Crippen LogP contribution in [0, 0.1) is 12.8 Å². The summed E-state index contributed by atoms with van der Waals surface area (Å²) >= 11 is 0. The third kappa shape index (κ3) is 4.86. The van der Waals surface area contributed by atoms with E-state index in [1.807, 2.05) is 43.3 Å². The molecule has 1 aromatic heterocycles. The number of carbonyl (C=O) groups excluding carboxylic acids is 2. The van der Waals surface area contributed by atoms with Crippen LogP contribution in [0.2, 0.25) is 0 Å². The number of benzene rings is 1. The summed E-state index contributed by atoms with van der Waals surface area (Å²) in [4.78, 5) is 32.2.